The Morgan fingerprint density at radius 2 is 1.52 bits per heavy atom. The van der Waals surface area contributed by atoms with Crippen LogP contribution in [0.2, 0.25) is 0 Å². The number of nitrogens with zero attached hydrogens (tertiary/aromatic N) is 2. The highest BCUT2D eigenvalue weighted by Crippen LogP contribution is 2.49. The molecule has 1 heterocycles. The van der Waals surface area contributed by atoms with E-state index in [4.69, 9.17) is 4.74 Å². The lowest BCUT2D eigenvalue weighted by atomic mass is 9.86. The number of alkyl halides is 9. The van der Waals surface area contributed by atoms with Crippen molar-refractivity contribution in [2.45, 2.75) is 69.8 Å². The van der Waals surface area contributed by atoms with Gasteiger partial charge in [-0.15, -0.1) is 0 Å². The van der Waals surface area contributed by atoms with E-state index >= 15 is 0 Å². The first-order valence-corrected chi connectivity index (χ1v) is 13.1. The van der Waals surface area contributed by atoms with E-state index in [0.29, 0.717) is 30.8 Å². The minimum atomic E-state index is -5.11. The summed E-state index contributed by atoms with van der Waals surface area (Å²) in [6.07, 6.45) is -12.9. The third-order valence-electron chi connectivity index (χ3n) is 7.56. The Morgan fingerprint density at radius 1 is 0.929 bits per heavy atom. The number of rotatable bonds is 9. The van der Waals surface area contributed by atoms with Gasteiger partial charge in [0.05, 0.1) is 29.3 Å². The van der Waals surface area contributed by atoms with Crippen molar-refractivity contribution in [3.63, 3.8) is 0 Å². The molecule has 4 rings (SSSR count). The average molecular weight is 611 g/mol. The highest BCUT2D eigenvalue weighted by Gasteiger charge is 2.45. The number of halogens is 9. The summed E-state index contributed by atoms with van der Waals surface area (Å²) in [4.78, 5) is 26.4. The first-order valence-electron chi connectivity index (χ1n) is 13.1. The Hall–Kier alpha value is -3.45. The third kappa shape index (κ3) is 7.12. The summed E-state index contributed by atoms with van der Waals surface area (Å²) in [6.45, 7) is 1.03. The second-order valence-electron chi connectivity index (χ2n) is 10.5. The molecule has 0 bridgehead atoms. The van der Waals surface area contributed by atoms with Crippen molar-refractivity contribution < 1.29 is 53.8 Å². The molecule has 1 amide bonds. The summed E-state index contributed by atoms with van der Waals surface area (Å²) in [7, 11) is 0. The molecule has 2 atom stereocenters. The molecule has 2 aromatic carbocycles. The van der Waals surface area contributed by atoms with Crippen LogP contribution in [0.1, 0.15) is 66.5 Å². The summed E-state index contributed by atoms with van der Waals surface area (Å²) >= 11 is 0. The van der Waals surface area contributed by atoms with Gasteiger partial charge >= 0.3 is 18.5 Å². The molecule has 14 heteroatoms. The standard InChI is InChI=1S/C28H27F9N2O3/c1-16(41)39(14-17-9-20(27(32,33)34)11-21(10-17)28(35,36)37)25-13-24(18-3-4-18)38(7-2-8-42-15-40)23-6-5-19(12-22(23)25)26(29,30)31/h5-6,9-12,15,18,24-25H,2-4,7-8,13-14H2,1H3. The summed E-state index contributed by atoms with van der Waals surface area (Å²) in [5.74, 6) is -0.606. The topological polar surface area (TPSA) is 49.9 Å². The number of benzene rings is 2. The van der Waals surface area contributed by atoms with E-state index in [2.05, 4.69) is 0 Å². The molecule has 1 saturated carbocycles. The molecule has 1 aliphatic heterocycles. The Labute approximate surface area is 235 Å². The zero-order valence-corrected chi connectivity index (χ0v) is 22.2. The van der Waals surface area contributed by atoms with Gasteiger partial charge in [-0.2, -0.15) is 39.5 Å². The van der Waals surface area contributed by atoms with Gasteiger partial charge in [-0.25, -0.2) is 0 Å². The van der Waals surface area contributed by atoms with Crippen LogP contribution in [0, 0.1) is 5.92 Å². The van der Waals surface area contributed by atoms with Crippen molar-refractivity contribution in [1.82, 2.24) is 4.90 Å². The summed E-state index contributed by atoms with van der Waals surface area (Å²) < 4.78 is 127. The van der Waals surface area contributed by atoms with Crippen molar-refractivity contribution in [2.75, 3.05) is 18.1 Å². The molecule has 2 unspecified atom stereocenters. The smallest absolute Gasteiger partial charge is 0.416 e. The number of anilines is 1. The van der Waals surface area contributed by atoms with E-state index in [-0.39, 0.29) is 43.1 Å². The second kappa shape index (κ2) is 11.7. The molecular weight excluding hydrogens is 583 g/mol. The Kier molecular flexibility index (Phi) is 8.75. The van der Waals surface area contributed by atoms with Crippen molar-refractivity contribution in [1.29, 1.82) is 0 Å². The molecule has 2 aliphatic rings. The molecule has 230 valence electrons. The van der Waals surface area contributed by atoms with Crippen LogP contribution in [0.15, 0.2) is 36.4 Å². The number of carbonyl (C=O) groups is 2. The number of amides is 1. The number of hydrogen-bond donors (Lipinski definition) is 0. The minimum absolute atomic E-state index is 0.0253. The van der Waals surface area contributed by atoms with E-state index in [1.54, 1.807) is 0 Å². The average Bonchev–Trinajstić information content (AvgIpc) is 3.73. The fourth-order valence-electron chi connectivity index (χ4n) is 5.54. The number of carbonyl (C=O) groups excluding carboxylic acids is 2. The largest absolute Gasteiger partial charge is 0.468 e. The Morgan fingerprint density at radius 3 is 2.02 bits per heavy atom. The first kappa shape index (κ1) is 31.5. The fraction of sp³-hybridized carbons (Fsp3) is 0.500. The van der Waals surface area contributed by atoms with E-state index < -0.39 is 59.3 Å². The van der Waals surface area contributed by atoms with Gasteiger partial charge in [0, 0.05) is 31.7 Å². The first-order chi connectivity index (χ1) is 19.5. The minimum Gasteiger partial charge on any atom is -0.468 e. The van der Waals surface area contributed by atoms with Crippen LogP contribution in [0.5, 0.6) is 0 Å². The summed E-state index contributed by atoms with van der Waals surface area (Å²) in [6, 6.07) is 2.70. The maximum atomic E-state index is 13.7. The van der Waals surface area contributed by atoms with Crippen LogP contribution < -0.4 is 4.90 Å². The monoisotopic (exact) mass is 610 g/mol. The molecule has 42 heavy (non-hydrogen) atoms. The van der Waals surface area contributed by atoms with Gasteiger partial charge in [-0.1, -0.05) is 0 Å². The SMILES string of the molecule is CC(=O)N(Cc1cc(C(F)(F)F)cc(C(F)(F)F)c1)C1CC(C2CC2)N(CCCOC=O)c2ccc(C(F)(F)F)cc21. The van der Waals surface area contributed by atoms with Gasteiger partial charge in [0.2, 0.25) is 5.91 Å². The van der Waals surface area contributed by atoms with E-state index in [1.807, 2.05) is 4.90 Å². The lowest BCUT2D eigenvalue weighted by Crippen LogP contribution is -2.47. The van der Waals surface area contributed by atoms with Gasteiger partial charge in [-0.3, -0.25) is 9.59 Å². The van der Waals surface area contributed by atoms with Crippen LogP contribution in [0.4, 0.5) is 45.2 Å². The van der Waals surface area contributed by atoms with Gasteiger partial charge in [-0.05, 0) is 79.1 Å². The van der Waals surface area contributed by atoms with Crippen molar-refractivity contribution >= 4 is 18.1 Å². The van der Waals surface area contributed by atoms with Gasteiger partial charge < -0.3 is 14.5 Å². The lowest BCUT2D eigenvalue weighted by Gasteiger charge is -2.46. The van der Waals surface area contributed by atoms with Crippen molar-refractivity contribution in [2.24, 2.45) is 5.92 Å². The molecule has 0 aromatic heterocycles. The molecule has 5 nitrogen and oxygen atoms in total. The highest BCUT2D eigenvalue weighted by atomic mass is 19.4. The number of hydrogen-bond acceptors (Lipinski definition) is 4. The summed E-state index contributed by atoms with van der Waals surface area (Å²) in [5.41, 5.74) is -4.14. The normalized spacial score (nSPS) is 19.3. The summed E-state index contributed by atoms with van der Waals surface area (Å²) in [5, 5.41) is 0. The molecule has 0 radical (unpaired) electrons. The van der Waals surface area contributed by atoms with E-state index in [0.717, 1.165) is 36.8 Å². The second-order valence-corrected chi connectivity index (χ2v) is 10.5. The van der Waals surface area contributed by atoms with E-state index in [1.165, 1.54) is 6.07 Å². The van der Waals surface area contributed by atoms with Crippen LogP contribution in [0.25, 0.3) is 0 Å². The fourth-order valence-corrected chi connectivity index (χ4v) is 5.54. The molecule has 0 saturated heterocycles. The number of fused-ring (bicyclic) bond motifs is 1. The molecule has 0 spiro atoms. The van der Waals surface area contributed by atoms with Crippen LogP contribution in [-0.2, 0) is 39.4 Å². The maximum absolute atomic E-state index is 13.7. The zero-order chi connectivity index (χ0) is 31.0. The van der Waals surface area contributed by atoms with Gasteiger partial charge in [0.15, 0.2) is 0 Å². The van der Waals surface area contributed by atoms with Crippen LogP contribution >= 0.6 is 0 Å². The van der Waals surface area contributed by atoms with Crippen molar-refractivity contribution in [3.05, 3.63) is 64.2 Å². The predicted octanol–water partition coefficient (Wildman–Crippen LogP) is 7.38. The van der Waals surface area contributed by atoms with Gasteiger partial charge in [0.25, 0.3) is 6.47 Å². The number of ether oxygens (including phenoxy) is 1. The zero-order valence-electron chi connectivity index (χ0n) is 22.2. The highest BCUT2D eigenvalue weighted by molar-refractivity contribution is 5.75. The lowest BCUT2D eigenvalue weighted by molar-refractivity contribution is -0.143. The van der Waals surface area contributed by atoms with Gasteiger partial charge in [0.1, 0.15) is 0 Å². The van der Waals surface area contributed by atoms with Crippen LogP contribution in [0.3, 0.4) is 0 Å². The Balaban J connectivity index is 1.80. The van der Waals surface area contributed by atoms with Crippen LogP contribution in [-0.4, -0.2) is 36.5 Å². The molecule has 0 N–H and O–H groups in total. The maximum Gasteiger partial charge on any atom is 0.416 e. The molecule has 2 aromatic rings. The predicted molar refractivity (Wildman–Crippen MR) is 132 cm³/mol. The van der Waals surface area contributed by atoms with Crippen molar-refractivity contribution in [3.8, 4) is 0 Å². The van der Waals surface area contributed by atoms with E-state index in [9.17, 15) is 49.1 Å². The third-order valence-corrected chi connectivity index (χ3v) is 7.56. The molecular formula is C28H27F9N2O3. The molecule has 1 fully saturated rings. The Bertz CT molecular complexity index is 1270. The molecule has 1 aliphatic carbocycles. The quantitative estimate of drug-likeness (QED) is 0.169.